The van der Waals surface area contributed by atoms with Crippen molar-refractivity contribution in [2.24, 2.45) is 12.2 Å². The standard InChI is InChI=1S/C19H20ClF2N5O2/c1-5-6-12-7-14(20)17(23-8-12)15(26-29-11(2)3)9-24-19(28)13-10-27(4)25-16(13)18(21)22/h7-8,10-11,18H,9H2,1-4H3,(H,24,28)/b26-15-. The van der Waals surface area contributed by atoms with Gasteiger partial charge in [0.1, 0.15) is 23.2 Å². The van der Waals surface area contributed by atoms with E-state index in [1.807, 2.05) is 0 Å². The van der Waals surface area contributed by atoms with Gasteiger partial charge in [-0.3, -0.25) is 14.5 Å². The number of oxime groups is 1. The number of carbonyl (C=O) groups excluding carboxylic acids is 1. The molecule has 1 N–H and O–H groups in total. The van der Waals surface area contributed by atoms with Crippen LogP contribution in [0.15, 0.2) is 23.6 Å². The highest BCUT2D eigenvalue weighted by atomic mass is 35.5. The average molecular weight is 424 g/mol. The zero-order valence-corrected chi connectivity index (χ0v) is 17.1. The monoisotopic (exact) mass is 423 g/mol. The minimum absolute atomic E-state index is 0.144. The van der Waals surface area contributed by atoms with Crippen LogP contribution in [0.2, 0.25) is 5.02 Å². The first-order valence-corrected chi connectivity index (χ1v) is 9.02. The predicted molar refractivity (Wildman–Crippen MR) is 105 cm³/mol. The molecule has 0 aromatic carbocycles. The molecule has 0 saturated carbocycles. The number of pyridine rings is 1. The number of hydrogen-bond donors (Lipinski definition) is 1. The Labute approximate surface area is 172 Å². The lowest BCUT2D eigenvalue weighted by molar-refractivity contribution is 0.0853. The van der Waals surface area contributed by atoms with Crippen molar-refractivity contribution in [2.45, 2.75) is 33.3 Å². The second-order valence-electron chi connectivity index (χ2n) is 6.21. The second kappa shape index (κ2) is 9.98. The number of rotatable bonds is 7. The molecule has 2 rings (SSSR count). The second-order valence-corrected chi connectivity index (χ2v) is 6.61. The lowest BCUT2D eigenvalue weighted by Gasteiger charge is -2.11. The van der Waals surface area contributed by atoms with Crippen LogP contribution in [0.25, 0.3) is 0 Å². The molecule has 0 atom stereocenters. The smallest absolute Gasteiger partial charge is 0.282 e. The van der Waals surface area contributed by atoms with E-state index in [0.29, 0.717) is 5.56 Å². The summed E-state index contributed by atoms with van der Waals surface area (Å²) in [5, 5.41) is 10.4. The van der Waals surface area contributed by atoms with Crippen LogP contribution in [0.3, 0.4) is 0 Å². The van der Waals surface area contributed by atoms with Gasteiger partial charge in [0.2, 0.25) is 0 Å². The Bertz CT molecular complexity index is 977. The van der Waals surface area contributed by atoms with E-state index in [9.17, 15) is 13.6 Å². The molecule has 154 valence electrons. The number of alkyl halides is 2. The molecule has 0 saturated heterocycles. The van der Waals surface area contributed by atoms with Gasteiger partial charge < -0.3 is 10.2 Å². The third-order valence-corrected chi connectivity index (χ3v) is 3.77. The molecule has 0 aliphatic heterocycles. The molecule has 2 heterocycles. The molecule has 10 heteroatoms. The van der Waals surface area contributed by atoms with Crippen LogP contribution in [-0.2, 0) is 11.9 Å². The predicted octanol–water partition coefficient (Wildman–Crippen LogP) is 3.34. The third-order valence-electron chi connectivity index (χ3n) is 3.48. The van der Waals surface area contributed by atoms with Gasteiger partial charge in [-0.1, -0.05) is 22.7 Å². The number of aromatic nitrogens is 3. The van der Waals surface area contributed by atoms with Crippen molar-refractivity contribution in [3.05, 3.63) is 46.0 Å². The summed E-state index contributed by atoms with van der Waals surface area (Å²) in [4.78, 5) is 21.9. The number of nitrogens with zero attached hydrogens (tertiary/aromatic N) is 4. The van der Waals surface area contributed by atoms with Gasteiger partial charge >= 0.3 is 0 Å². The molecule has 7 nitrogen and oxygen atoms in total. The molecule has 2 aromatic heterocycles. The topological polar surface area (TPSA) is 81.4 Å². The number of aryl methyl sites for hydroxylation is 1. The van der Waals surface area contributed by atoms with Crippen LogP contribution in [0.4, 0.5) is 8.78 Å². The van der Waals surface area contributed by atoms with Crippen molar-refractivity contribution in [2.75, 3.05) is 6.54 Å². The summed E-state index contributed by atoms with van der Waals surface area (Å²) in [6.45, 7) is 5.10. The normalized spacial score (nSPS) is 11.4. The van der Waals surface area contributed by atoms with Crippen molar-refractivity contribution in [1.29, 1.82) is 0 Å². The number of hydrogen-bond acceptors (Lipinski definition) is 5. The number of nitrogens with one attached hydrogen (secondary N) is 1. The lowest BCUT2D eigenvalue weighted by atomic mass is 10.2. The van der Waals surface area contributed by atoms with Crippen LogP contribution in [0.1, 0.15) is 54.5 Å². The first-order valence-electron chi connectivity index (χ1n) is 8.64. The van der Waals surface area contributed by atoms with Gasteiger partial charge in [-0.15, -0.1) is 5.92 Å². The third kappa shape index (κ3) is 5.99. The first-order chi connectivity index (χ1) is 13.7. The number of halogens is 3. The summed E-state index contributed by atoms with van der Waals surface area (Å²) in [5.41, 5.74) is 0.316. The molecule has 0 aliphatic carbocycles. The van der Waals surface area contributed by atoms with Gasteiger partial charge in [-0.25, -0.2) is 8.78 Å². The molecule has 0 fully saturated rings. The van der Waals surface area contributed by atoms with E-state index in [1.54, 1.807) is 26.8 Å². The number of amides is 1. The van der Waals surface area contributed by atoms with Gasteiger partial charge in [-0.2, -0.15) is 5.10 Å². The van der Waals surface area contributed by atoms with Crippen molar-refractivity contribution >= 4 is 23.2 Å². The van der Waals surface area contributed by atoms with E-state index in [1.165, 1.54) is 19.4 Å². The van der Waals surface area contributed by atoms with Crippen LogP contribution < -0.4 is 5.32 Å². The van der Waals surface area contributed by atoms with Crippen molar-refractivity contribution in [3.8, 4) is 11.8 Å². The van der Waals surface area contributed by atoms with Gasteiger partial charge in [0.25, 0.3) is 12.3 Å². The van der Waals surface area contributed by atoms with Crippen LogP contribution in [0.5, 0.6) is 0 Å². The van der Waals surface area contributed by atoms with Gasteiger partial charge in [0.15, 0.2) is 0 Å². The highest BCUT2D eigenvalue weighted by Gasteiger charge is 2.23. The Morgan fingerprint density at radius 2 is 2.17 bits per heavy atom. The molecule has 0 bridgehead atoms. The first kappa shape index (κ1) is 22.3. The van der Waals surface area contributed by atoms with E-state index in [-0.39, 0.29) is 34.6 Å². The largest absolute Gasteiger partial charge is 0.393 e. The zero-order chi connectivity index (χ0) is 21.6. The number of carbonyl (C=O) groups is 1. The highest BCUT2D eigenvalue weighted by molar-refractivity contribution is 6.34. The Morgan fingerprint density at radius 3 is 2.76 bits per heavy atom. The Balaban J connectivity index is 2.27. The molecule has 0 aliphatic rings. The quantitative estimate of drug-likeness (QED) is 0.420. The van der Waals surface area contributed by atoms with Crippen molar-refractivity contribution in [1.82, 2.24) is 20.1 Å². The van der Waals surface area contributed by atoms with Crippen LogP contribution >= 0.6 is 11.6 Å². The van der Waals surface area contributed by atoms with Crippen molar-refractivity contribution in [3.63, 3.8) is 0 Å². The molecule has 0 spiro atoms. The van der Waals surface area contributed by atoms with Crippen LogP contribution in [-0.4, -0.2) is 39.0 Å². The maximum atomic E-state index is 13.1. The highest BCUT2D eigenvalue weighted by Crippen LogP contribution is 2.21. The Morgan fingerprint density at radius 1 is 1.45 bits per heavy atom. The van der Waals surface area contributed by atoms with Crippen molar-refractivity contribution < 1.29 is 18.4 Å². The molecular weight excluding hydrogens is 404 g/mol. The fourth-order valence-corrected chi connectivity index (χ4v) is 2.57. The zero-order valence-electron chi connectivity index (χ0n) is 16.3. The minimum atomic E-state index is -2.88. The molecule has 1 amide bonds. The lowest BCUT2D eigenvalue weighted by Crippen LogP contribution is -2.31. The summed E-state index contributed by atoms with van der Waals surface area (Å²) in [7, 11) is 1.45. The summed E-state index contributed by atoms with van der Waals surface area (Å²) in [6, 6.07) is 1.61. The van der Waals surface area contributed by atoms with E-state index >= 15 is 0 Å². The maximum Gasteiger partial charge on any atom is 0.282 e. The summed E-state index contributed by atoms with van der Waals surface area (Å²) >= 11 is 6.29. The Kier molecular flexibility index (Phi) is 7.67. The fourth-order valence-electron chi connectivity index (χ4n) is 2.29. The fraction of sp³-hybridized carbons (Fsp3) is 0.368. The van der Waals surface area contributed by atoms with Gasteiger partial charge in [-0.05, 0) is 26.8 Å². The molecule has 0 radical (unpaired) electrons. The van der Waals surface area contributed by atoms with Crippen LogP contribution in [0, 0.1) is 11.8 Å². The summed E-state index contributed by atoms with van der Waals surface area (Å²) in [6.07, 6.45) is -0.367. The van der Waals surface area contributed by atoms with Gasteiger partial charge in [0.05, 0.1) is 17.1 Å². The Hall–Kier alpha value is -2.99. The van der Waals surface area contributed by atoms with Gasteiger partial charge in [0, 0.05) is 25.0 Å². The van der Waals surface area contributed by atoms with E-state index < -0.39 is 18.0 Å². The summed E-state index contributed by atoms with van der Waals surface area (Å²) in [5.74, 6) is 4.86. The average Bonchev–Trinajstić information content (AvgIpc) is 3.05. The molecule has 2 aromatic rings. The van der Waals surface area contributed by atoms with E-state index in [0.717, 1.165) is 4.68 Å². The van der Waals surface area contributed by atoms with E-state index in [2.05, 4.69) is 32.4 Å². The van der Waals surface area contributed by atoms with E-state index in [4.69, 9.17) is 16.4 Å². The SMILES string of the molecule is CC#Cc1cnc(/C(CNC(=O)c2cn(C)nc2C(F)F)=N\OC(C)C)c(Cl)c1. The molecule has 29 heavy (non-hydrogen) atoms. The maximum absolute atomic E-state index is 13.1. The molecule has 0 unspecified atom stereocenters. The molecular formula is C19H20ClF2N5O2. The summed E-state index contributed by atoms with van der Waals surface area (Å²) < 4.78 is 27.3. The minimum Gasteiger partial charge on any atom is -0.393 e.